The zero-order chi connectivity index (χ0) is 14.0. The average molecular weight is 278 g/mol. The van der Waals surface area contributed by atoms with Gasteiger partial charge in [-0.1, -0.05) is 17.7 Å². The molecular formula is C15H13ClFNO. The molecule has 4 heteroatoms. The molecule has 0 atom stereocenters. The molecule has 0 aliphatic rings. The van der Waals surface area contributed by atoms with Gasteiger partial charge in [-0.05, 0) is 49.7 Å². The van der Waals surface area contributed by atoms with Crippen LogP contribution >= 0.6 is 11.6 Å². The van der Waals surface area contributed by atoms with Gasteiger partial charge in [0.15, 0.2) is 5.78 Å². The summed E-state index contributed by atoms with van der Waals surface area (Å²) in [5.74, 6) is -0.625. The van der Waals surface area contributed by atoms with Crippen LogP contribution in [0.15, 0.2) is 36.4 Å². The highest BCUT2D eigenvalue weighted by Gasteiger charge is 2.07. The quantitative estimate of drug-likeness (QED) is 0.822. The Bertz CT molecular complexity index is 640. The fourth-order valence-corrected chi connectivity index (χ4v) is 1.94. The number of benzene rings is 2. The average Bonchev–Trinajstić information content (AvgIpc) is 2.34. The summed E-state index contributed by atoms with van der Waals surface area (Å²) >= 11 is 6.02. The lowest BCUT2D eigenvalue weighted by molar-refractivity contribution is 0.101. The van der Waals surface area contributed by atoms with Crippen LogP contribution in [0, 0.1) is 12.7 Å². The van der Waals surface area contributed by atoms with Gasteiger partial charge in [0, 0.05) is 22.0 Å². The Balaban J connectivity index is 2.38. The molecule has 19 heavy (non-hydrogen) atoms. The molecule has 0 bridgehead atoms. The molecule has 2 aromatic rings. The van der Waals surface area contributed by atoms with E-state index in [1.54, 1.807) is 12.1 Å². The van der Waals surface area contributed by atoms with E-state index in [0.29, 0.717) is 16.3 Å². The number of anilines is 2. The second-order valence-electron chi connectivity index (χ2n) is 4.32. The number of ketones is 1. The van der Waals surface area contributed by atoms with Crippen molar-refractivity contribution in [2.45, 2.75) is 13.8 Å². The maximum Gasteiger partial charge on any atom is 0.159 e. The van der Waals surface area contributed by atoms with Crippen molar-refractivity contribution in [3.05, 3.63) is 58.4 Å². The fourth-order valence-electron chi connectivity index (χ4n) is 1.76. The molecular weight excluding hydrogens is 265 g/mol. The summed E-state index contributed by atoms with van der Waals surface area (Å²) in [5, 5.41) is 3.71. The maximum absolute atomic E-state index is 13.5. The van der Waals surface area contributed by atoms with Gasteiger partial charge in [0.2, 0.25) is 0 Å². The lowest BCUT2D eigenvalue weighted by Gasteiger charge is -2.11. The number of halogens is 2. The van der Waals surface area contributed by atoms with E-state index < -0.39 is 5.82 Å². The molecule has 98 valence electrons. The highest BCUT2D eigenvalue weighted by molar-refractivity contribution is 6.31. The summed E-state index contributed by atoms with van der Waals surface area (Å²) in [7, 11) is 0. The molecule has 0 fully saturated rings. The van der Waals surface area contributed by atoms with Crippen molar-refractivity contribution >= 4 is 28.8 Å². The van der Waals surface area contributed by atoms with E-state index in [2.05, 4.69) is 5.32 Å². The van der Waals surface area contributed by atoms with Crippen molar-refractivity contribution in [3.63, 3.8) is 0 Å². The minimum Gasteiger partial charge on any atom is -0.355 e. The van der Waals surface area contributed by atoms with Gasteiger partial charge in [-0.2, -0.15) is 0 Å². The zero-order valence-corrected chi connectivity index (χ0v) is 11.4. The van der Waals surface area contributed by atoms with Gasteiger partial charge in [-0.25, -0.2) is 4.39 Å². The Hall–Kier alpha value is -1.87. The lowest BCUT2D eigenvalue weighted by Crippen LogP contribution is -1.98. The van der Waals surface area contributed by atoms with Crippen molar-refractivity contribution in [1.82, 2.24) is 0 Å². The van der Waals surface area contributed by atoms with Crippen LogP contribution in [0.3, 0.4) is 0 Å². The highest BCUT2D eigenvalue weighted by Crippen LogP contribution is 2.27. The number of Topliss-reactive ketones (excluding diaryl/α,β-unsaturated/α-hetero) is 1. The number of rotatable bonds is 3. The van der Waals surface area contributed by atoms with Gasteiger partial charge in [-0.15, -0.1) is 0 Å². The van der Waals surface area contributed by atoms with E-state index >= 15 is 0 Å². The van der Waals surface area contributed by atoms with E-state index in [1.165, 1.54) is 19.1 Å². The third-order valence-corrected chi connectivity index (χ3v) is 3.26. The summed E-state index contributed by atoms with van der Waals surface area (Å²) in [6.45, 7) is 3.28. The van der Waals surface area contributed by atoms with E-state index in [0.717, 1.165) is 11.3 Å². The molecule has 0 saturated heterocycles. The second-order valence-corrected chi connectivity index (χ2v) is 4.73. The first-order valence-corrected chi connectivity index (χ1v) is 6.19. The Kier molecular flexibility index (Phi) is 3.86. The first kappa shape index (κ1) is 13.6. The number of nitrogens with one attached hydrogen (secondary N) is 1. The standard InChI is InChI=1S/C15H13ClFNO/c1-9-14(16)4-3-5-15(9)18-13-7-11(10(2)19)6-12(17)8-13/h3-8,18H,1-2H3. The van der Waals surface area contributed by atoms with Crippen LogP contribution in [0.5, 0.6) is 0 Å². The summed E-state index contributed by atoms with van der Waals surface area (Å²) in [5.41, 5.74) is 2.52. The molecule has 0 aliphatic carbocycles. The number of carbonyl (C=O) groups is 1. The molecule has 0 amide bonds. The SMILES string of the molecule is CC(=O)c1cc(F)cc(Nc2cccc(Cl)c2C)c1. The normalized spacial score (nSPS) is 10.3. The number of hydrogen-bond acceptors (Lipinski definition) is 2. The molecule has 0 spiro atoms. The minimum atomic E-state index is -0.449. The van der Waals surface area contributed by atoms with Crippen LogP contribution in [-0.2, 0) is 0 Å². The van der Waals surface area contributed by atoms with Crippen LogP contribution < -0.4 is 5.32 Å². The molecule has 1 N–H and O–H groups in total. The largest absolute Gasteiger partial charge is 0.355 e. The first-order valence-electron chi connectivity index (χ1n) is 5.81. The molecule has 0 aliphatic heterocycles. The van der Waals surface area contributed by atoms with Gasteiger partial charge >= 0.3 is 0 Å². The second kappa shape index (κ2) is 5.41. The van der Waals surface area contributed by atoms with Crippen molar-refractivity contribution in [1.29, 1.82) is 0 Å². The Morgan fingerprint density at radius 3 is 2.68 bits per heavy atom. The van der Waals surface area contributed by atoms with E-state index in [9.17, 15) is 9.18 Å². The van der Waals surface area contributed by atoms with Gasteiger partial charge in [0.25, 0.3) is 0 Å². The first-order chi connectivity index (χ1) is 8.97. The summed E-state index contributed by atoms with van der Waals surface area (Å²) < 4.78 is 13.5. The molecule has 0 unspecified atom stereocenters. The van der Waals surface area contributed by atoms with Gasteiger partial charge < -0.3 is 5.32 Å². The highest BCUT2D eigenvalue weighted by atomic mass is 35.5. The summed E-state index contributed by atoms with van der Waals surface area (Å²) in [6, 6.07) is 9.62. The van der Waals surface area contributed by atoms with Crippen LogP contribution in [0.4, 0.5) is 15.8 Å². The minimum absolute atomic E-state index is 0.176. The fraction of sp³-hybridized carbons (Fsp3) is 0.133. The molecule has 0 aromatic heterocycles. The molecule has 0 radical (unpaired) electrons. The topological polar surface area (TPSA) is 29.1 Å². The van der Waals surface area contributed by atoms with E-state index in [1.807, 2.05) is 19.1 Å². The monoisotopic (exact) mass is 277 g/mol. The zero-order valence-electron chi connectivity index (χ0n) is 10.6. The van der Waals surface area contributed by atoms with Gasteiger partial charge in [-0.3, -0.25) is 4.79 Å². The molecule has 0 heterocycles. The molecule has 0 saturated carbocycles. The van der Waals surface area contributed by atoms with Crippen molar-refractivity contribution in [2.24, 2.45) is 0 Å². The van der Waals surface area contributed by atoms with Crippen LogP contribution in [0.25, 0.3) is 0 Å². The third-order valence-electron chi connectivity index (χ3n) is 2.85. The third kappa shape index (κ3) is 3.12. The summed E-state index contributed by atoms with van der Waals surface area (Å²) in [4.78, 5) is 11.3. The van der Waals surface area contributed by atoms with Crippen LogP contribution in [-0.4, -0.2) is 5.78 Å². The summed E-state index contributed by atoms with van der Waals surface area (Å²) in [6.07, 6.45) is 0. The predicted molar refractivity (Wildman–Crippen MR) is 75.9 cm³/mol. The van der Waals surface area contributed by atoms with Crippen molar-refractivity contribution in [2.75, 3.05) is 5.32 Å². The molecule has 2 aromatic carbocycles. The van der Waals surface area contributed by atoms with Gasteiger partial charge in [0.1, 0.15) is 5.82 Å². The Morgan fingerprint density at radius 2 is 2.00 bits per heavy atom. The number of hydrogen-bond donors (Lipinski definition) is 1. The number of carbonyl (C=O) groups excluding carboxylic acids is 1. The van der Waals surface area contributed by atoms with E-state index in [4.69, 9.17) is 11.6 Å². The predicted octanol–water partition coefficient (Wildman–Crippen LogP) is 4.73. The maximum atomic E-state index is 13.5. The molecule has 2 nitrogen and oxygen atoms in total. The van der Waals surface area contributed by atoms with Crippen LogP contribution in [0.2, 0.25) is 5.02 Å². The van der Waals surface area contributed by atoms with Crippen molar-refractivity contribution in [3.8, 4) is 0 Å². The smallest absolute Gasteiger partial charge is 0.159 e. The Morgan fingerprint density at radius 1 is 1.26 bits per heavy atom. The van der Waals surface area contributed by atoms with E-state index in [-0.39, 0.29) is 5.78 Å². The lowest BCUT2D eigenvalue weighted by atomic mass is 10.1. The van der Waals surface area contributed by atoms with Crippen molar-refractivity contribution < 1.29 is 9.18 Å². The Labute approximate surface area is 116 Å². The van der Waals surface area contributed by atoms with Crippen LogP contribution in [0.1, 0.15) is 22.8 Å². The van der Waals surface area contributed by atoms with Gasteiger partial charge in [0.05, 0.1) is 0 Å². The molecule has 2 rings (SSSR count).